The predicted octanol–water partition coefficient (Wildman–Crippen LogP) is 3.32. The van der Waals surface area contributed by atoms with Gasteiger partial charge in [-0.25, -0.2) is 4.39 Å². The largest absolute Gasteiger partial charge is 0.348 e. The minimum atomic E-state index is -0.468. The molecule has 2 nitrogen and oxygen atoms in total. The van der Waals surface area contributed by atoms with Crippen LogP contribution in [0.5, 0.6) is 0 Å². The summed E-state index contributed by atoms with van der Waals surface area (Å²) in [6, 6.07) is 4.64. The SMILES string of the molecule is Cc1ccc(F)c(C(=O)NC(CI)C(C)C)c1. The first-order chi connectivity index (χ1) is 7.95. The summed E-state index contributed by atoms with van der Waals surface area (Å²) in [5.74, 6) is -0.464. The van der Waals surface area contributed by atoms with Crippen LogP contribution in [0, 0.1) is 18.7 Å². The number of nitrogens with one attached hydrogen (secondary N) is 1. The molecule has 0 fully saturated rings. The fourth-order valence-corrected chi connectivity index (χ4v) is 2.68. The first-order valence-corrected chi connectivity index (χ1v) is 7.11. The maximum atomic E-state index is 13.5. The lowest BCUT2D eigenvalue weighted by Crippen LogP contribution is -2.40. The van der Waals surface area contributed by atoms with E-state index in [0.29, 0.717) is 5.92 Å². The highest BCUT2D eigenvalue weighted by Gasteiger charge is 2.18. The number of aryl methyl sites for hydroxylation is 1. The second kappa shape index (κ2) is 6.33. The summed E-state index contributed by atoms with van der Waals surface area (Å²) in [4.78, 5) is 11.9. The first-order valence-electron chi connectivity index (χ1n) is 5.58. The molecule has 0 bridgehead atoms. The molecule has 1 aromatic carbocycles. The van der Waals surface area contributed by atoms with Crippen LogP contribution < -0.4 is 5.32 Å². The van der Waals surface area contributed by atoms with Crippen molar-refractivity contribution < 1.29 is 9.18 Å². The quantitative estimate of drug-likeness (QED) is 0.656. The molecule has 0 aliphatic heterocycles. The third kappa shape index (κ3) is 3.94. The maximum Gasteiger partial charge on any atom is 0.254 e. The second-order valence-electron chi connectivity index (χ2n) is 4.46. The number of carbonyl (C=O) groups excluding carboxylic acids is 1. The molecule has 0 saturated carbocycles. The molecule has 0 aromatic heterocycles. The zero-order valence-electron chi connectivity index (χ0n) is 10.3. The van der Waals surface area contributed by atoms with E-state index in [0.717, 1.165) is 9.99 Å². The highest BCUT2D eigenvalue weighted by atomic mass is 127. The number of rotatable bonds is 4. The van der Waals surface area contributed by atoms with Gasteiger partial charge in [-0.3, -0.25) is 4.79 Å². The molecule has 1 aromatic rings. The zero-order valence-corrected chi connectivity index (χ0v) is 12.4. The van der Waals surface area contributed by atoms with Crippen molar-refractivity contribution in [3.8, 4) is 0 Å². The molecule has 0 heterocycles. The molecule has 17 heavy (non-hydrogen) atoms. The van der Waals surface area contributed by atoms with E-state index in [1.807, 2.05) is 20.8 Å². The van der Waals surface area contributed by atoms with Gasteiger partial charge in [0, 0.05) is 10.5 Å². The summed E-state index contributed by atoms with van der Waals surface area (Å²) < 4.78 is 14.3. The third-order valence-electron chi connectivity index (χ3n) is 2.65. The molecule has 1 N–H and O–H groups in total. The Morgan fingerprint density at radius 2 is 2.12 bits per heavy atom. The van der Waals surface area contributed by atoms with Crippen LogP contribution in [0.1, 0.15) is 29.8 Å². The summed E-state index contributed by atoms with van der Waals surface area (Å²) in [6.07, 6.45) is 0. The number of amides is 1. The van der Waals surface area contributed by atoms with Gasteiger partial charge < -0.3 is 5.32 Å². The Morgan fingerprint density at radius 1 is 1.47 bits per heavy atom. The van der Waals surface area contributed by atoms with Crippen LogP contribution in [-0.4, -0.2) is 16.4 Å². The minimum Gasteiger partial charge on any atom is -0.348 e. The molecular weight excluding hydrogens is 332 g/mol. The lowest BCUT2D eigenvalue weighted by molar-refractivity contribution is 0.0928. The van der Waals surface area contributed by atoms with E-state index in [1.165, 1.54) is 6.07 Å². The molecule has 4 heteroatoms. The van der Waals surface area contributed by atoms with Crippen molar-refractivity contribution in [3.05, 3.63) is 35.1 Å². The molecule has 0 spiro atoms. The molecule has 0 aliphatic rings. The standard InChI is InChI=1S/C13H17FINO/c1-8(2)12(7-15)16-13(17)10-6-9(3)4-5-11(10)14/h4-6,8,12H,7H2,1-3H3,(H,16,17). The van der Waals surface area contributed by atoms with Crippen LogP contribution in [0.3, 0.4) is 0 Å². The van der Waals surface area contributed by atoms with Gasteiger partial charge in [-0.05, 0) is 25.0 Å². The number of carbonyl (C=O) groups is 1. The topological polar surface area (TPSA) is 29.1 Å². The van der Waals surface area contributed by atoms with Gasteiger partial charge in [-0.1, -0.05) is 48.1 Å². The van der Waals surface area contributed by atoms with Gasteiger partial charge in [0.2, 0.25) is 0 Å². The average molecular weight is 349 g/mol. The molecule has 0 aliphatic carbocycles. The number of halogens is 2. The Labute approximate surface area is 115 Å². The van der Waals surface area contributed by atoms with E-state index in [1.54, 1.807) is 12.1 Å². The van der Waals surface area contributed by atoms with Gasteiger partial charge in [0.05, 0.1) is 5.56 Å². The molecule has 1 amide bonds. The highest BCUT2D eigenvalue weighted by molar-refractivity contribution is 14.1. The van der Waals surface area contributed by atoms with Crippen molar-refractivity contribution in [3.63, 3.8) is 0 Å². The molecule has 0 radical (unpaired) electrons. The van der Waals surface area contributed by atoms with Gasteiger partial charge in [0.25, 0.3) is 5.91 Å². The van der Waals surface area contributed by atoms with Gasteiger partial charge in [-0.15, -0.1) is 0 Å². The normalized spacial score (nSPS) is 12.6. The van der Waals surface area contributed by atoms with Crippen molar-refractivity contribution in [2.45, 2.75) is 26.8 Å². The van der Waals surface area contributed by atoms with Crippen molar-refractivity contribution in [1.29, 1.82) is 0 Å². The molecule has 1 rings (SSSR count). The Bertz CT molecular complexity index is 406. The average Bonchev–Trinajstić information content (AvgIpc) is 2.28. The van der Waals surface area contributed by atoms with E-state index in [9.17, 15) is 9.18 Å². The number of hydrogen-bond acceptors (Lipinski definition) is 1. The highest BCUT2D eigenvalue weighted by Crippen LogP contribution is 2.12. The summed E-state index contributed by atoms with van der Waals surface area (Å²) in [6.45, 7) is 5.92. The summed E-state index contributed by atoms with van der Waals surface area (Å²) >= 11 is 2.22. The monoisotopic (exact) mass is 349 g/mol. The minimum absolute atomic E-state index is 0.0722. The molecule has 0 saturated heterocycles. The van der Waals surface area contributed by atoms with Crippen molar-refractivity contribution in [1.82, 2.24) is 5.32 Å². The Kier molecular flexibility index (Phi) is 5.36. The summed E-state index contributed by atoms with van der Waals surface area (Å²) in [5.41, 5.74) is 1.01. The van der Waals surface area contributed by atoms with Crippen LogP contribution in [0.2, 0.25) is 0 Å². The number of benzene rings is 1. The first kappa shape index (κ1) is 14.4. The Balaban J connectivity index is 2.86. The van der Waals surface area contributed by atoms with Crippen LogP contribution in [-0.2, 0) is 0 Å². The van der Waals surface area contributed by atoms with E-state index in [-0.39, 0.29) is 17.5 Å². The van der Waals surface area contributed by atoms with Crippen molar-refractivity contribution in [2.75, 3.05) is 4.43 Å². The smallest absolute Gasteiger partial charge is 0.254 e. The van der Waals surface area contributed by atoms with Crippen LogP contribution in [0.4, 0.5) is 4.39 Å². The van der Waals surface area contributed by atoms with Crippen LogP contribution in [0.25, 0.3) is 0 Å². The second-order valence-corrected chi connectivity index (χ2v) is 5.34. The van der Waals surface area contributed by atoms with Crippen LogP contribution in [0.15, 0.2) is 18.2 Å². The lowest BCUT2D eigenvalue weighted by atomic mass is 10.1. The molecule has 1 unspecified atom stereocenters. The van der Waals surface area contributed by atoms with Crippen molar-refractivity contribution in [2.24, 2.45) is 5.92 Å². The predicted molar refractivity (Wildman–Crippen MR) is 76.1 cm³/mol. The summed E-state index contributed by atoms with van der Waals surface area (Å²) in [5, 5.41) is 2.86. The van der Waals surface area contributed by atoms with Gasteiger partial charge in [0.1, 0.15) is 5.82 Å². The molecule has 94 valence electrons. The van der Waals surface area contributed by atoms with E-state index in [4.69, 9.17) is 0 Å². The fourth-order valence-electron chi connectivity index (χ4n) is 1.44. The number of alkyl halides is 1. The third-order valence-corrected chi connectivity index (χ3v) is 3.60. The van der Waals surface area contributed by atoms with Gasteiger partial charge in [0.15, 0.2) is 0 Å². The van der Waals surface area contributed by atoms with Crippen molar-refractivity contribution >= 4 is 28.5 Å². The number of hydrogen-bond donors (Lipinski definition) is 1. The van der Waals surface area contributed by atoms with E-state index in [2.05, 4.69) is 27.9 Å². The summed E-state index contributed by atoms with van der Waals surface area (Å²) in [7, 11) is 0. The van der Waals surface area contributed by atoms with Gasteiger partial charge in [-0.2, -0.15) is 0 Å². The van der Waals surface area contributed by atoms with E-state index < -0.39 is 5.82 Å². The molecular formula is C13H17FINO. The zero-order chi connectivity index (χ0) is 13.0. The lowest BCUT2D eigenvalue weighted by Gasteiger charge is -2.20. The Morgan fingerprint density at radius 3 is 2.65 bits per heavy atom. The van der Waals surface area contributed by atoms with Crippen LogP contribution >= 0.6 is 22.6 Å². The van der Waals surface area contributed by atoms with E-state index >= 15 is 0 Å². The Hall–Kier alpha value is -0.650. The maximum absolute atomic E-state index is 13.5. The van der Waals surface area contributed by atoms with Gasteiger partial charge >= 0.3 is 0 Å². The fraction of sp³-hybridized carbons (Fsp3) is 0.462. The molecule has 1 atom stereocenters.